The van der Waals surface area contributed by atoms with Crippen LogP contribution in [0.5, 0.6) is 5.75 Å². The van der Waals surface area contributed by atoms with Gasteiger partial charge in [-0.3, -0.25) is 0 Å². The zero-order valence-electron chi connectivity index (χ0n) is 11.7. The van der Waals surface area contributed by atoms with Crippen LogP contribution in [0.25, 0.3) is 0 Å². The number of hydrogen-bond acceptors (Lipinski definition) is 3. The van der Waals surface area contributed by atoms with Gasteiger partial charge >= 0.3 is 6.36 Å². The molecule has 2 aromatic carbocycles. The molecule has 0 aromatic heterocycles. The Morgan fingerprint density at radius 2 is 1.73 bits per heavy atom. The molecule has 2 rings (SSSR count). The molecule has 0 bridgehead atoms. The molecule has 0 unspecified atom stereocenters. The predicted molar refractivity (Wildman–Crippen MR) is 75.6 cm³/mol. The summed E-state index contributed by atoms with van der Waals surface area (Å²) in [4.78, 5) is 5.07. The van der Waals surface area contributed by atoms with Gasteiger partial charge in [-0.1, -0.05) is 41.6 Å². The number of nitrogens with zero attached hydrogens (tertiary/aromatic N) is 1. The van der Waals surface area contributed by atoms with Crippen molar-refractivity contribution >= 4 is 6.21 Å². The molecule has 0 fully saturated rings. The number of halogens is 3. The summed E-state index contributed by atoms with van der Waals surface area (Å²) < 4.78 is 39.8. The Labute approximate surface area is 126 Å². The predicted octanol–water partition coefficient (Wildman–Crippen LogP) is 4.32. The highest BCUT2D eigenvalue weighted by atomic mass is 19.4. The number of aryl methyl sites for hydroxylation is 1. The van der Waals surface area contributed by atoms with E-state index in [0.717, 1.165) is 11.1 Å². The van der Waals surface area contributed by atoms with Gasteiger partial charge in [-0.2, -0.15) is 0 Å². The minimum Gasteiger partial charge on any atom is -0.406 e. The summed E-state index contributed by atoms with van der Waals surface area (Å²) >= 11 is 0. The van der Waals surface area contributed by atoms with Gasteiger partial charge in [-0.25, -0.2) is 0 Å². The normalized spacial score (nSPS) is 11.6. The van der Waals surface area contributed by atoms with Crippen molar-refractivity contribution in [3.05, 3.63) is 65.2 Å². The van der Waals surface area contributed by atoms with E-state index in [1.165, 1.54) is 24.3 Å². The standard InChI is InChI=1S/C16H13F3NO2/c1-12-4-2-3-5-14(12)10-20-21-11-13-6-8-15(9-7-13)22-16(17,18)19/h2-9H,11H2,1H3. The topological polar surface area (TPSA) is 30.8 Å². The smallest absolute Gasteiger partial charge is 0.406 e. The van der Waals surface area contributed by atoms with Crippen molar-refractivity contribution in [3.8, 4) is 5.75 Å². The Balaban J connectivity index is 1.86. The second kappa shape index (κ2) is 6.98. The Kier molecular flexibility index (Phi) is 5.04. The van der Waals surface area contributed by atoms with E-state index in [2.05, 4.69) is 16.1 Å². The molecule has 1 radical (unpaired) electrons. The van der Waals surface area contributed by atoms with E-state index in [-0.39, 0.29) is 12.4 Å². The summed E-state index contributed by atoms with van der Waals surface area (Å²) in [6, 6.07) is 13.0. The molecule has 22 heavy (non-hydrogen) atoms. The summed E-state index contributed by atoms with van der Waals surface area (Å²) in [6.07, 6.45) is -1.93. The van der Waals surface area contributed by atoms with Crippen molar-refractivity contribution in [1.82, 2.24) is 0 Å². The molecule has 3 nitrogen and oxygen atoms in total. The van der Waals surface area contributed by atoms with Crippen LogP contribution in [0.4, 0.5) is 13.2 Å². The lowest BCUT2D eigenvalue weighted by Crippen LogP contribution is -2.17. The van der Waals surface area contributed by atoms with Crippen molar-refractivity contribution in [2.45, 2.75) is 19.9 Å². The van der Waals surface area contributed by atoms with Crippen molar-refractivity contribution in [3.63, 3.8) is 0 Å². The average Bonchev–Trinajstić information content (AvgIpc) is 2.45. The molecule has 0 N–H and O–H groups in total. The monoisotopic (exact) mass is 308 g/mol. The number of benzene rings is 2. The lowest BCUT2D eigenvalue weighted by atomic mass is 10.1. The van der Waals surface area contributed by atoms with E-state index < -0.39 is 6.36 Å². The van der Waals surface area contributed by atoms with Crippen molar-refractivity contribution in [1.29, 1.82) is 0 Å². The van der Waals surface area contributed by atoms with E-state index in [1.54, 1.807) is 0 Å². The Morgan fingerprint density at radius 3 is 2.36 bits per heavy atom. The Hall–Kier alpha value is -2.50. The second-order valence-corrected chi connectivity index (χ2v) is 4.48. The fourth-order valence-electron chi connectivity index (χ4n) is 1.67. The number of rotatable bonds is 5. The fraction of sp³-hybridized carbons (Fsp3) is 0.188. The number of hydrogen-bond donors (Lipinski definition) is 0. The first-order valence-corrected chi connectivity index (χ1v) is 6.42. The van der Waals surface area contributed by atoms with Crippen LogP contribution >= 0.6 is 0 Å². The Bertz CT molecular complexity index is 637. The van der Waals surface area contributed by atoms with Crippen molar-refractivity contribution < 1.29 is 22.7 Å². The molecule has 0 aliphatic rings. The SMILES string of the molecule is Cc1ccccc1/[C]=N\OCc1ccc(OC(F)(F)F)cc1. The maximum absolute atomic E-state index is 12.0. The molecule has 0 saturated carbocycles. The highest BCUT2D eigenvalue weighted by molar-refractivity contribution is 5.81. The van der Waals surface area contributed by atoms with Gasteiger partial charge in [0.2, 0.25) is 0 Å². The van der Waals surface area contributed by atoms with Crippen LogP contribution in [-0.2, 0) is 11.4 Å². The Morgan fingerprint density at radius 1 is 1.05 bits per heavy atom. The molecule has 0 heterocycles. The molecule has 0 amide bonds. The third kappa shape index (κ3) is 5.12. The third-order valence-electron chi connectivity index (χ3n) is 2.76. The van der Waals surface area contributed by atoms with E-state index in [9.17, 15) is 13.2 Å². The summed E-state index contributed by atoms with van der Waals surface area (Å²) in [5, 5.41) is 3.72. The summed E-state index contributed by atoms with van der Waals surface area (Å²) in [5.74, 6) is -0.272. The number of ether oxygens (including phenoxy) is 1. The van der Waals surface area contributed by atoms with Crippen molar-refractivity contribution in [2.75, 3.05) is 0 Å². The first-order valence-electron chi connectivity index (χ1n) is 6.42. The van der Waals surface area contributed by atoms with Crippen LogP contribution in [0.3, 0.4) is 0 Å². The first kappa shape index (κ1) is 15.9. The van der Waals surface area contributed by atoms with Crippen LogP contribution in [0, 0.1) is 6.92 Å². The highest BCUT2D eigenvalue weighted by Crippen LogP contribution is 2.22. The zero-order valence-corrected chi connectivity index (χ0v) is 11.7. The van der Waals surface area contributed by atoms with E-state index >= 15 is 0 Å². The molecule has 0 saturated heterocycles. The molecular weight excluding hydrogens is 295 g/mol. The quantitative estimate of drug-likeness (QED) is 0.608. The van der Waals surface area contributed by atoms with Gasteiger partial charge in [-0.05, 0) is 30.2 Å². The van der Waals surface area contributed by atoms with E-state index in [0.29, 0.717) is 5.56 Å². The van der Waals surface area contributed by atoms with Gasteiger partial charge in [0.15, 0.2) is 0 Å². The summed E-state index contributed by atoms with van der Waals surface area (Å²) in [6.45, 7) is 2.06. The van der Waals surface area contributed by atoms with Crippen LogP contribution in [-0.4, -0.2) is 12.6 Å². The maximum atomic E-state index is 12.0. The van der Waals surface area contributed by atoms with Crippen molar-refractivity contribution in [2.24, 2.45) is 5.16 Å². The molecule has 6 heteroatoms. The first-order chi connectivity index (χ1) is 10.4. The van der Waals surface area contributed by atoms with Crippen LogP contribution in [0.1, 0.15) is 16.7 Å². The number of alkyl halides is 3. The molecule has 0 spiro atoms. The molecule has 0 aliphatic heterocycles. The lowest BCUT2D eigenvalue weighted by Gasteiger charge is -2.08. The molecule has 2 aromatic rings. The fourth-order valence-corrected chi connectivity index (χ4v) is 1.67. The summed E-state index contributed by atoms with van der Waals surface area (Å²) in [5.41, 5.74) is 2.50. The van der Waals surface area contributed by atoms with Gasteiger partial charge in [-0.15, -0.1) is 13.2 Å². The van der Waals surface area contributed by atoms with Gasteiger partial charge in [0.1, 0.15) is 18.6 Å². The van der Waals surface area contributed by atoms with E-state index in [1.807, 2.05) is 31.2 Å². The highest BCUT2D eigenvalue weighted by Gasteiger charge is 2.30. The van der Waals surface area contributed by atoms with Crippen LogP contribution < -0.4 is 4.74 Å². The third-order valence-corrected chi connectivity index (χ3v) is 2.76. The van der Waals surface area contributed by atoms with Gasteiger partial charge in [0.05, 0.1) is 0 Å². The molecule has 0 atom stereocenters. The minimum atomic E-state index is -4.69. The zero-order chi connectivity index (χ0) is 16.0. The van der Waals surface area contributed by atoms with Crippen LogP contribution in [0.15, 0.2) is 53.7 Å². The average molecular weight is 308 g/mol. The van der Waals surface area contributed by atoms with E-state index in [4.69, 9.17) is 4.84 Å². The minimum absolute atomic E-state index is 0.130. The maximum Gasteiger partial charge on any atom is 0.573 e. The lowest BCUT2D eigenvalue weighted by molar-refractivity contribution is -0.274. The van der Waals surface area contributed by atoms with Gasteiger partial charge in [0.25, 0.3) is 0 Å². The molecular formula is C16H13F3NO2. The van der Waals surface area contributed by atoms with Crippen LogP contribution in [0.2, 0.25) is 0 Å². The van der Waals surface area contributed by atoms with Gasteiger partial charge in [0, 0.05) is 5.56 Å². The largest absolute Gasteiger partial charge is 0.573 e. The summed E-state index contributed by atoms with van der Waals surface area (Å²) in [7, 11) is 0. The van der Waals surface area contributed by atoms with Gasteiger partial charge < -0.3 is 9.57 Å². The molecule has 0 aliphatic carbocycles. The molecule has 115 valence electrons. The second-order valence-electron chi connectivity index (χ2n) is 4.48.